The molecule has 2 aromatic rings. The van der Waals surface area contributed by atoms with E-state index in [1.807, 2.05) is 37.7 Å². The number of piperidine rings is 3. The predicted molar refractivity (Wildman–Crippen MR) is 115 cm³/mol. The van der Waals surface area contributed by atoms with Gasteiger partial charge in [-0.25, -0.2) is 0 Å². The molecule has 0 spiro atoms. The SMILES string of the molecule is Cn1nc(-c2ccco2)cc1[C@H]1CN2CC[C@@H]1C[C@@H]2CNC(=O)CC(C)(C)CC(=O)O. The quantitative estimate of drug-likeness (QED) is 0.671. The lowest BCUT2D eigenvalue weighted by Gasteiger charge is -2.50. The van der Waals surface area contributed by atoms with Gasteiger partial charge >= 0.3 is 5.97 Å². The average Bonchev–Trinajstić information content (AvgIpc) is 3.35. The lowest BCUT2D eigenvalue weighted by molar-refractivity contribution is -0.139. The summed E-state index contributed by atoms with van der Waals surface area (Å²) in [4.78, 5) is 25.8. The zero-order chi connectivity index (χ0) is 22.2. The molecule has 1 unspecified atom stereocenters. The number of furan rings is 1. The minimum atomic E-state index is -0.870. The van der Waals surface area contributed by atoms with Gasteiger partial charge in [0.1, 0.15) is 5.69 Å². The van der Waals surface area contributed by atoms with Crippen LogP contribution < -0.4 is 5.32 Å². The first-order valence-corrected chi connectivity index (χ1v) is 11.0. The third-order valence-electron chi connectivity index (χ3n) is 6.75. The number of nitrogens with one attached hydrogen (secondary N) is 1. The van der Waals surface area contributed by atoms with E-state index in [1.165, 1.54) is 5.69 Å². The van der Waals surface area contributed by atoms with Gasteiger partial charge in [-0.05, 0) is 48.9 Å². The van der Waals surface area contributed by atoms with Gasteiger partial charge in [-0.2, -0.15) is 5.10 Å². The highest BCUT2D eigenvalue weighted by atomic mass is 16.4. The first kappa shape index (κ1) is 21.6. The minimum absolute atomic E-state index is 0.00950. The molecule has 3 saturated heterocycles. The normalized spacial score (nSPS) is 25.5. The number of hydrogen-bond acceptors (Lipinski definition) is 5. The molecule has 5 heterocycles. The summed E-state index contributed by atoms with van der Waals surface area (Å²) >= 11 is 0. The first-order valence-electron chi connectivity index (χ1n) is 11.0. The zero-order valence-electron chi connectivity index (χ0n) is 18.5. The van der Waals surface area contributed by atoms with Crippen molar-refractivity contribution < 1.29 is 19.1 Å². The van der Waals surface area contributed by atoms with Gasteiger partial charge in [0.05, 0.1) is 12.7 Å². The van der Waals surface area contributed by atoms with Crippen molar-refractivity contribution in [3.8, 4) is 11.5 Å². The first-order chi connectivity index (χ1) is 14.7. The van der Waals surface area contributed by atoms with Crippen LogP contribution in [-0.4, -0.2) is 57.3 Å². The van der Waals surface area contributed by atoms with E-state index in [9.17, 15) is 9.59 Å². The van der Waals surface area contributed by atoms with Gasteiger partial charge in [-0.15, -0.1) is 0 Å². The number of carboxylic acids is 1. The van der Waals surface area contributed by atoms with Crippen LogP contribution in [0.25, 0.3) is 11.5 Å². The molecular weight excluding hydrogens is 396 g/mol. The van der Waals surface area contributed by atoms with Crippen LogP contribution in [0.4, 0.5) is 0 Å². The van der Waals surface area contributed by atoms with Gasteiger partial charge in [-0.1, -0.05) is 13.8 Å². The van der Waals surface area contributed by atoms with Crippen LogP contribution in [0.3, 0.4) is 0 Å². The summed E-state index contributed by atoms with van der Waals surface area (Å²) in [6, 6.07) is 6.28. The number of amides is 1. The van der Waals surface area contributed by atoms with E-state index in [4.69, 9.17) is 9.52 Å². The van der Waals surface area contributed by atoms with Gasteiger partial charge in [0.25, 0.3) is 0 Å². The van der Waals surface area contributed by atoms with Gasteiger partial charge in [-0.3, -0.25) is 19.2 Å². The van der Waals surface area contributed by atoms with E-state index in [0.717, 1.165) is 37.4 Å². The Morgan fingerprint density at radius 2 is 2.16 bits per heavy atom. The summed E-state index contributed by atoms with van der Waals surface area (Å²) in [6.45, 7) is 6.28. The molecule has 168 valence electrons. The number of carbonyl (C=O) groups excluding carboxylic acids is 1. The summed E-state index contributed by atoms with van der Waals surface area (Å²) in [6.07, 6.45) is 4.08. The lowest BCUT2D eigenvalue weighted by Crippen LogP contribution is -2.56. The van der Waals surface area contributed by atoms with E-state index in [1.54, 1.807) is 6.26 Å². The second-order valence-electron chi connectivity index (χ2n) is 9.81. The van der Waals surface area contributed by atoms with E-state index >= 15 is 0 Å². The fourth-order valence-electron chi connectivity index (χ4n) is 5.26. The maximum atomic E-state index is 12.4. The number of carboxylic acid groups (broad SMARTS) is 1. The topological polar surface area (TPSA) is 101 Å². The largest absolute Gasteiger partial charge is 0.481 e. The van der Waals surface area contributed by atoms with Crippen molar-refractivity contribution in [2.45, 2.75) is 51.5 Å². The van der Waals surface area contributed by atoms with Gasteiger partial charge in [0.15, 0.2) is 5.76 Å². The van der Waals surface area contributed by atoms with Crippen molar-refractivity contribution in [3.05, 3.63) is 30.2 Å². The van der Waals surface area contributed by atoms with Crippen LogP contribution >= 0.6 is 0 Å². The molecule has 0 aliphatic carbocycles. The summed E-state index contributed by atoms with van der Waals surface area (Å²) in [5, 5.41) is 16.7. The Hall–Kier alpha value is -2.61. The summed E-state index contributed by atoms with van der Waals surface area (Å²) in [7, 11) is 2.00. The highest BCUT2D eigenvalue weighted by Crippen LogP contribution is 2.42. The van der Waals surface area contributed by atoms with Crippen LogP contribution in [0.5, 0.6) is 0 Å². The zero-order valence-corrected chi connectivity index (χ0v) is 18.5. The van der Waals surface area contributed by atoms with E-state index < -0.39 is 11.4 Å². The third-order valence-corrected chi connectivity index (χ3v) is 6.75. The Morgan fingerprint density at radius 1 is 1.35 bits per heavy atom. The standard InChI is InChI=1S/C23H32N4O4/c1-23(2,12-22(29)30)11-21(28)24-13-16-9-15-6-7-27(16)14-17(15)19-10-18(25-26(19)3)20-5-4-8-31-20/h4-5,8,10,15-17H,6-7,9,11-14H2,1-3H3,(H,24,28)(H,29,30)/t15-,16-,17+/m1/s1. The van der Waals surface area contributed by atoms with E-state index in [0.29, 0.717) is 24.4 Å². The molecule has 5 rings (SSSR count). The molecule has 0 saturated carbocycles. The molecule has 4 atom stereocenters. The number of rotatable bonds is 8. The molecule has 2 N–H and O–H groups in total. The van der Waals surface area contributed by atoms with Crippen molar-refractivity contribution in [1.82, 2.24) is 20.0 Å². The number of aromatic nitrogens is 2. The second kappa shape index (κ2) is 8.49. The monoisotopic (exact) mass is 428 g/mol. The number of aryl methyl sites for hydroxylation is 1. The van der Waals surface area contributed by atoms with Crippen molar-refractivity contribution in [3.63, 3.8) is 0 Å². The fourth-order valence-corrected chi connectivity index (χ4v) is 5.26. The summed E-state index contributed by atoms with van der Waals surface area (Å²) < 4.78 is 7.48. The third kappa shape index (κ3) is 4.84. The van der Waals surface area contributed by atoms with E-state index in [-0.39, 0.29) is 18.7 Å². The molecule has 3 fully saturated rings. The number of hydrogen-bond donors (Lipinski definition) is 2. The van der Waals surface area contributed by atoms with Gasteiger partial charge in [0.2, 0.25) is 5.91 Å². The average molecular weight is 429 g/mol. The van der Waals surface area contributed by atoms with E-state index in [2.05, 4.69) is 21.4 Å². The molecule has 0 aromatic carbocycles. The molecule has 3 aliphatic rings. The Morgan fingerprint density at radius 3 is 2.81 bits per heavy atom. The Balaban J connectivity index is 1.35. The Labute approximate surface area is 182 Å². The molecule has 1 amide bonds. The fraction of sp³-hybridized carbons (Fsp3) is 0.609. The van der Waals surface area contributed by atoms with Crippen molar-refractivity contribution >= 4 is 11.9 Å². The van der Waals surface area contributed by atoms with Crippen LogP contribution in [-0.2, 0) is 16.6 Å². The number of carbonyl (C=O) groups is 2. The molecule has 2 aromatic heterocycles. The maximum absolute atomic E-state index is 12.4. The van der Waals surface area contributed by atoms with Crippen LogP contribution in [0.1, 0.15) is 51.1 Å². The smallest absolute Gasteiger partial charge is 0.303 e. The second-order valence-corrected chi connectivity index (χ2v) is 9.81. The van der Waals surface area contributed by atoms with Gasteiger partial charge in [0, 0.05) is 44.2 Å². The van der Waals surface area contributed by atoms with Crippen molar-refractivity contribution in [1.29, 1.82) is 0 Å². The number of fused-ring (bicyclic) bond motifs is 3. The highest BCUT2D eigenvalue weighted by Gasteiger charge is 2.42. The molecule has 8 heteroatoms. The van der Waals surface area contributed by atoms with Crippen LogP contribution in [0, 0.1) is 11.3 Å². The minimum Gasteiger partial charge on any atom is -0.481 e. The van der Waals surface area contributed by atoms with Crippen LogP contribution in [0.2, 0.25) is 0 Å². The van der Waals surface area contributed by atoms with Crippen molar-refractivity contribution in [2.75, 3.05) is 19.6 Å². The van der Waals surface area contributed by atoms with Crippen molar-refractivity contribution in [2.24, 2.45) is 18.4 Å². The molecule has 3 aliphatic heterocycles. The van der Waals surface area contributed by atoms with Gasteiger partial charge < -0.3 is 14.8 Å². The molecule has 8 nitrogen and oxygen atoms in total. The number of aliphatic carboxylic acids is 1. The summed E-state index contributed by atoms with van der Waals surface area (Å²) in [5.74, 6) is 0.839. The lowest BCUT2D eigenvalue weighted by atomic mass is 9.74. The highest BCUT2D eigenvalue weighted by molar-refractivity contribution is 5.77. The molecule has 2 bridgehead atoms. The molecular formula is C23H32N4O4. The molecule has 0 radical (unpaired) electrons. The Kier molecular flexibility index (Phi) is 5.92. The summed E-state index contributed by atoms with van der Waals surface area (Å²) in [5.41, 5.74) is 1.56. The molecule has 31 heavy (non-hydrogen) atoms. The predicted octanol–water partition coefficient (Wildman–Crippen LogP) is 2.87. The Bertz CT molecular complexity index is 934. The van der Waals surface area contributed by atoms with Crippen LogP contribution in [0.15, 0.2) is 28.9 Å². The number of nitrogens with zero attached hydrogens (tertiary/aromatic N) is 3. The maximum Gasteiger partial charge on any atom is 0.303 e.